The Labute approximate surface area is 61.1 Å². The fraction of sp³-hybridized carbons (Fsp3) is 0.625. The van der Waals surface area contributed by atoms with Crippen LogP contribution in [-0.4, -0.2) is 11.8 Å². The zero-order chi connectivity index (χ0) is 7.56. The topological polar surface area (TPSA) is 43.1 Å². The summed E-state index contributed by atoms with van der Waals surface area (Å²) in [5.41, 5.74) is 5.55. The minimum atomic E-state index is -0.287. The summed E-state index contributed by atoms with van der Waals surface area (Å²) in [6.45, 7) is 3.38. The van der Waals surface area contributed by atoms with E-state index in [0.717, 1.165) is 12.3 Å². The number of hydrogen-bond acceptors (Lipinski definition) is 2. The number of nitrogens with two attached hydrogens (primary N) is 1. The van der Waals surface area contributed by atoms with Crippen LogP contribution in [0.2, 0.25) is 0 Å². The maximum absolute atomic E-state index is 10.8. The van der Waals surface area contributed by atoms with Crippen LogP contribution in [0.4, 0.5) is 0 Å². The summed E-state index contributed by atoms with van der Waals surface area (Å²) in [5.74, 6) is 0.700. The van der Waals surface area contributed by atoms with E-state index in [9.17, 15) is 4.79 Å². The molecule has 2 N–H and O–H groups in total. The van der Waals surface area contributed by atoms with Gasteiger partial charge in [0.2, 0.25) is 0 Å². The van der Waals surface area contributed by atoms with Gasteiger partial charge in [-0.25, -0.2) is 0 Å². The highest BCUT2D eigenvalue weighted by molar-refractivity contribution is 5.93. The van der Waals surface area contributed by atoms with E-state index in [1.54, 1.807) is 0 Å². The molecule has 2 heteroatoms. The summed E-state index contributed by atoms with van der Waals surface area (Å²) in [7, 11) is 0. The lowest BCUT2D eigenvalue weighted by Crippen LogP contribution is -2.29. The number of ketones is 1. The third kappa shape index (κ3) is 1.95. The maximum atomic E-state index is 10.8. The molecule has 56 valence electrons. The highest BCUT2D eigenvalue weighted by atomic mass is 16.1. The van der Waals surface area contributed by atoms with Crippen molar-refractivity contribution in [2.24, 2.45) is 11.7 Å². The molecule has 0 heterocycles. The zero-order valence-electron chi connectivity index (χ0n) is 6.05. The molecule has 2 nitrogen and oxygen atoms in total. The Morgan fingerprint density at radius 2 is 2.40 bits per heavy atom. The smallest absolute Gasteiger partial charge is 0.171 e. The van der Waals surface area contributed by atoms with Gasteiger partial charge in [-0.05, 0) is 18.4 Å². The monoisotopic (exact) mass is 139 g/mol. The first-order valence-corrected chi connectivity index (χ1v) is 3.66. The summed E-state index contributed by atoms with van der Waals surface area (Å²) in [5, 5.41) is 0. The van der Waals surface area contributed by atoms with Crippen LogP contribution in [0.1, 0.15) is 19.3 Å². The Morgan fingerprint density at radius 3 is 2.80 bits per heavy atom. The van der Waals surface area contributed by atoms with Crippen molar-refractivity contribution in [3.63, 3.8) is 0 Å². The van der Waals surface area contributed by atoms with Crippen molar-refractivity contribution < 1.29 is 4.79 Å². The van der Waals surface area contributed by atoms with Crippen molar-refractivity contribution in [1.82, 2.24) is 0 Å². The summed E-state index contributed by atoms with van der Waals surface area (Å²) >= 11 is 0. The van der Waals surface area contributed by atoms with Crippen LogP contribution in [0.15, 0.2) is 12.7 Å². The normalized spacial score (nSPS) is 20.1. The lowest BCUT2D eigenvalue weighted by molar-refractivity contribution is -0.115. The number of rotatable bonds is 4. The lowest BCUT2D eigenvalue weighted by Gasteiger charge is -2.04. The Hall–Kier alpha value is -0.630. The number of carbonyl (C=O) groups is 1. The SMILES string of the molecule is C=CC(=O)C(N)CC1CC1. The molecule has 0 spiro atoms. The molecule has 0 amide bonds. The Bertz CT molecular complexity index is 149. The molecule has 1 atom stereocenters. The Balaban J connectivity index is 2.24. The van der Waals surface area contributed by atoms with Gasteiger partial charge < -0.3 is 5.73 Å². The van der Waals surface area contributed by atoms with Crippen molar-refractivity contribution in [2.75, 3.05) is 0 Å². The van der Waals surface area contributed by atoms with Crippen molar-refractivity contribution in [3.8, 4) is 0 Å². The fourth-order valence-corrected chi connectivity index (χ4v) is 0.980. The zero-order valence-corrected chi connectivity index (χ0v) is 6.05. The van der Waals surface area contributed by atoms with Gasteiger partial charge in [0.25, 0.3) is 0 Å². The molecule has 0 saturated heterocycles. The van der Waals surface area contributed by atoms with E-state index < -0.39 is 0 Å². The van der Waals surface area contributed by atoms with Gasteiger partial charge in [0.15, 0.2) is 5.78 Å². The van der Waals surface area contributed by atoms with Crippen LogP contribution in [0.25, 0.3) is 0 Å². The maximum Gasteiger partial charge on any atom is 0.171 e. The first-order chi connectivity index (χ1) is 4.74. The second-order valence-electron chi connectivity index (χ2n) is 2.89. The van der Waals surface area contributed by atoms with Crippen LogP contribution in [0.5, 0.6) is 0 Å². The summed E-state index contributed by atoms with van der Waals surface area (Å²) < 4.78 is 0. The predicted octanol–water partition coefficient (Wildman–Crippen LogP) is 0.869. The summed E-state index contributed by atoms with van der Waals surface area (Å²) in [6, 6.07) is -0.287. The molecule has 0 bridgehead atoms. The van der Waals surface area contributed by atoms with E-state index in [-0.39, 0.29) is 11.8 Å². The van der Waals surface area contributed by atoms with Crippen LogP contribution in [0.3, 0.4) is 0 Å². The van der Waals surface area contributed by atoms with Crippen LogP contribution in [-0.2, 0) is 4.79 Å². The average molecular weight is 139 g/mol. The van der Waals surface area contributed by atoms with Gasteiger partial charge in [-0.1, -0.05) is 19.4 Å². The van der Waals surface area contributed by atoms with Gasteiger partial charge in [-0.15, -0.1) is 0 Å². The number of carbonyl (C=O) groups excluding carboxylic acids is 1. The third-order valence-electron chi connectivity index (χ3n) is 1.85. The quantitative estimate of drug-likeness (QED) is 0.587. The molecule has 0 aromatic heterocycles. The summed E-state index contributed by atoms with van der Waals surface area (Å²) in [6.07, 6.45) is 4.66. The third-order valence-corrected chi connectivity index (χ3v) is 1.85. The van der Waals surface area contributed by atoms with Crippen LogP contribution >= 0.6 is 0 Å². The Morgan fingerprint density at radius 1 is 1.80 bits per heavy atom. The van der Waals surface area contributed by atoms with E-state index in [0.29, 0.717) is 0 Å². The minimum absolute atomic E-state index is 0.0214. The first-order valence-electron chi connectivity index (χ1n) is 3.66. The minimum Gasteiger partial charge on any atom is -0.321 e. The van der Waals surface area contributed by atoms with E-state index >= 15 is 0 Å². The van der Waals surface area contributed by atoms with Gasteiger partial charge in [-0.3, -0.25) is 4.79 Å². The second kappa shape index (κ2) is 2.97. The first kappa shape index (κ1) is 7.48. The molecular formula is C8H13NO. The molecular weight excluding hydrogens is 126 g/mol. The van der Waals surface area contributed by atoms with Crippen molar-refractivity contribution in [2.45, 2.75) is 25.3 Å². The van der Waals surface area contributed by atoms with E-state index in [1.807, 2.05) is 0 Å². The fourth-order valence-electron chi connectivity index (χ4n) is 0.980. The molecule has 1 unspecified atom stereocenters. The average Bonchev–Trinajstić information content (AvgIpc) is 2.70. The van der Waals surface area contributed by atoms with Crippen molar-refractivity contribution in [1.29, 1.82) is 0 Å². The number of hydrogen-bond donors (Lipinski definition) is 1. The molecule has 1 fully saturated rings. The van der Waals surface area contributed by atoms with Crippen molar-refractivity contribution >= 4 is 5.78 Å². The molecule has 0 aromatic carbocycles. The second-order valence-corrected chi connectivity index (χ2v) is 2.89. The van der Waals surface area contributed by atoms with Gasteiger partial charge >= 0.3 is 0 Å². The van der Waals surface area contributed by atoms with E-state index in [4.69, 9.17) is 5.73 Å². The summed E-state index contributed by atoms with van der Waals surface area (Å²) in [4.78, 5) is 10.8. The van der Waals surface area contributed by atoms with E-state index in [2.05, 4.69) is 6.58 Å². The predicted molar refractivity (Wildman–Crippen MR) is 40.5 cm³/mol. The Kier molecular flexibility index (Phi) is 2.22. The van der Waals surface area contributed by atoms with Gasteiger partial charge in [0, 0.05) is 0 Å². The molecule has 10 heavy (non-hydrogen) atoms. The van der Waals surface area contributed by atoms with Gasteiger partial charge in [-0.2, -0.15) is 0 Å². The molecule has 1 rings (SSSR count). The lowest BCUT2D eigenvalue weighted by atomic mass is 10.1. The largest absolute Gasteiger partial charge is 0.321 e. The molecule has 0 aromatic rings. The molecule has 1 aliphatic rings. The molecule has 1 aliphatic carbocycles. The molecule has 0 radical (unpaired) electrons. The van der Waals surface area contributed by atoms with Crippen LogP contribution in [0, 0.1) is 5.92 Å². The standard InChI is InChI=1S/C8H13NO/c1-2-8(10)7(9)5-6-3-4-6/h2,6-7H,1,3-5,9H2. The van der Waals surface area contributed by atoms with E-state index in [1.165, 1.54) is 18.9 Å². The molecule has 1 saturated carbocycles. The van der Waals surface area contributed by atoms with Gasteiger partial charge in [0.1, 0.15) is 0 Å². The van der Waals surface area contributed by atoms with Crippen LogP contribution < -0.4 is 5.73 Å². The van der Waals surface area contributed by atoms with Gasteiger partial charge in [0.05, 0.1) is 6.04 Å². The molecule has 0 aliphatic heterocycles. The van der Waals surface area contributed by atoms with Crippen molar-refractivity contribution in [3.05, 3.63) is 12.7 Å². The highest BCUT2D eigenvalue weighted by Gasteiger charge is 2.25. The highest BCUT2D eigenvalue weighted by Crippen LogP contribution is 2.33.